The van der Waals surface area contributed by atoms with Gasteiger partial charge >= 0.3 is 0 Å². The zero-order valence-corrected chi connectivity index (χ0v) is 13.0. The highest BCUT2D eigenvalue weighted by molar-refractivity contribution is 5.75. The highest BCUT2D eigenvalue weighted by atomic mass is 16.3. The van der Waals surface area contributed by atoms with Crippen molar-refractivity contribution < 1.29 is 9.21 Å². The molecular formula is C15H22N4O2. The van der Waals surface area contributed by atoms with E-state index in [1.54, 1.807) is 10.9 Å². The van der Waals surface area contributed by atoms with Crippen LogP contribution in [0.25, 0.3) is 0 Å². The third-order valence-electron chi connectivity index (χ3n) is 3.38. The van der Waals surface area contributed by atoms with E-state index in [0.717, 1.165) is 17.1 Å². The first-order valence-electron chi connectivity index (χ1n) is 6.95. The fraction of sp³-hybridized carbons (Fsp3) is 0.467. The Morgan fingerprint density at radius 2 is 2.24 bits per heavy atom. The molecule has 0 spiro atoms. The maximum atomic E-state index is 12.0. The molecule has 2 heterocycles. The maximum Gasteiger partial charge on any atom is 0.241 e. The van der Waals surface area contributed by atoms with E-state index < -0.39 is 0 Å². The molecule has 0 radical (unpaired) electrons. The van der Waals surface area contributed by atoms with Crippen LogP contribution >= 0.6 is 0 Å². The van der Waals surface area contributed by atoms with Gasteiger partial charge in [-0.05, 0) is 46.1 Å². The van der Waals surface area contributed by atoms with Crippen molar-refractivity contribution in [3.05, 3.63) is 41.6 Å². The number of amides is 1. The van der Waals surface area contributed by atoms with Crippen LogP contribution in [0.3, 0.4) is 0 Å². The third-order valence-corrected chi connectivity index (χ3v) is 3.38. The second kappa shape index (κ2) is 6.58. The van der Waals surface area contributed by atoms with Gasteiger partial charge < -0.3 is 9.73 Å². The zero-order chi connectivity index (χ0) is 15.4. The minimum atomic E-state index is -0.0559. The minimum Gasteiger partial charge on any atom is -0.468 e. The van der Waals surface area contributed by atoms with Gasteiger partial charge in [-0.3, -0.25) is 14.4 Å². The average Bonchev–Trinajstić information content (AvgIpc) is 3.00. The summed E-state index contributed by atoms with van der Waals surface area (Å²) in [6.07, 6.45) is 1.64. The van der Waals surface area contributed by atoms with Gasteiger partial charge in [0.2, 0.25) is 5.91 Å². The van der Waals surface area contributed by atoms with Crippen molar-refractivity contribution in [2.24, 2.45) is 0 Å². The third kappa shape index (κ3) is 3.95. The monoisotopic (exact) mass is 290 g/mol. The Hall–Kier alpha value is -2.08. The van der Waals surface area contributed by atoms with Gasteiger partial charge in [-0.15, -0.1) is 0 Å². The number of likely N-dealkylation sites (N-methyl/N-ethyl adjacent to an activating group) is 1. The van der Waals surface area contributed by atoms with Crippen LogP contribution < -0.4 is 5.32 Å². The van der Waals surface area contributed by atoms with Crippen LogP contribution in [0, 0.1) is 13.8 Å². The number of aromatic nitrogens is 2. The fourth-order valence-electron chi connectivity index (χ4n) is 2.26. The van der Waals surface area contributed by atoms with E-state index in [0.29, 0.717) is 6.54 Å². The quantitative estimate of drug-likeness (QED) is 0.876. The summed E-state index contributed by atoms with van der Waals surface area (Å²) in [5, 5.41) is 7.23. The number of carbonyl (C=O) groups is 1. The van der Waals surface area contributed by atoms with Crippen molar-refractivity contribution in [3.8, 4) is 0 Å². The summed E-state index contributed by atoms with van der Waals surface area (Å²) >= 11 is 0. The lowest BCUT2D eigenvalue weighted by Gasteiger charge is -2.22. The molecule has 0 aliphatic carbocycles. The molecular weight excluding hydrogens is 268 g/mol. The summed E-state index contributed by atoms with van der Waals surface area (Å²) in [7, 11) is 3.92. The molecule has 0 saturated carbocycles. The Morgan fingerprint density at radius 1 is 1.48 bits per heavy atom. The molecule has 6 heteroatoms. The predicted octanol–water partition coefficient (Wildman–Crippen LogP) is 1.51. The molecule has 2 rings (SSSR count). The van der Waals surface area contributed by atoms with Crippen LogP contribution in [-0.4, -0.2) is 41.2 Å². The number of carbonyl (C=O) groups excluding carboxylic acids is 1. The molecule has 0 saturated heterocycles. The van der Waals surface area contributed by atoms with Crippen LogP contribution in [0.4, 0.5) is 0 Å². The maximum absolute atomic E-state index is 12.0. The lowest BCUT2D eigenvalue weighted by atomic mass is 10.2. The second-order valence-corrected chi connectivity index (χ2v) is 5.38. The van der Waals surface area contributed by atoms with E-state index in [9.17, 15) is 4.79 Å². The van der Waals surface area contributed by atoms with Crippen molar-refractivity contribution in [2.75, 3.05) is 20.6 Å². The highest BCUT2D eigenvalue weighted by Crippen LogP contribution is 2.17. The summed E-state index contributed by atoms with van der Waals surface area (Å²) in [5.41, 5.74) is 1.90. The van der Waals surface area contributed by atoms with Gasteiger partial charge in [0.1, 0.15) is 12.3 Å². The van der Waals surface area contributed by atoms with Crippen LogP contribution in [-0.2, 0) is 11.3 Å². The van der Waals surface area contributed by atoms with Gasteiger partial charge in [-0.1, -0.05) is 0 Å². The van der Waals surface area contributed by atoms with Gasteiger partial charge in [0.05, 0.1) is 18.0 Å². The van der Waals surface area contributed by atoms with Crippen LogP contribution in [0.15, 0.2) is 28.9 Å². The largest absolute Gasteiger partial charge is 0.468 e. The first kappa shape index (κ1) is 15.3. The van der Waals surface area contributed by atoms with E-state index >= 15 is 0 Å². The van der Waals surface area contributed by atoms with Crippen molar-refractivity contribution in [1.82, 2.24) is 20.0 Å². The van der Waals surface area contributed by atoms with Gasteiger partial charge in [-0.2, -0.15) is 5.10 Å². The summed E-state index contributed by atoms with van der Waals surface area (Å²) in [4.78, 5) is 14.1. The lowest BCUT2D eigenvalue weighted by Crippen LogP contribution is -2.36. The summed E-state index contributed by atoms with van der Waals surface area (Å²) in [5.74, 6) is 0.783. The number of hydrogen-bond donors (Lipinski definition) is 1. The van der Waals surface area contributed by atoms with Gasteiger partial charge in [0, 0.05) is 12.2 Å². The normalized spacial score (nSPS) is 12.6. The number of rotatable bonds is 6. The molecule has 21 heavy (non-hydrogen) atoms. The Labute approximate surface area is 124 Å². The molecule has 2 aromatic heterocycles. The highest BCUT2D eigenvalue weighted by Gasteiger charge is 2.18. The summed E-state index contributed by atoms with van der Waals surface area (Å²) in [6.45, 7) is 4.59. The number of nitrogens with zero attached hydrogens (tertiary/aromatic N) is 3. The van der Waals surface area contributed by atoms with Crippen molar-refractivity contribution in [1.29, 1.82) is 0 Å². The number of hydrogen-bond acceptors (Lipinski definition) is 4. The molecule has 114 valence electrons. The summed E-state index contributed by atoms with van der Waals surface area (Å²) < 4.78 is 7.13. The Bertz CT molecular complexity index is 587. The zero-order valence-electron chi connectivity index (χ0n) is 13.0. The molecule has 1 N–H and O–H groups in total. The molecule has 2 aromatic rings. The lowest BCUT2D eigenvalue weighted by molar-refractivity contribution is -0.122. The first-order valence-corrected chi connectivity index (χ1v) is 6.95. The number of furan rings is 1. The number of nitrogens with one attached hydrogen (secondary N) is 1. The molecule has 6 nitrogen and oxygen atoms in total. The predicted molar refractivity (Wildman–Crippen MR) is 79.8 cm³/mol. The molecule has 0 bridgehead atoms. The van der Waals surface area contributed by atoms with Crippen LogP contribution in [0.1, 0.15) is 23.2 Å². The van der Waals surface area contributed by atoms with Gasteiger partial charge in [0.15, 0.2) is 0 Å². The van der Waals surface area contributed by atoms with E-state index in [1.807, 2.05) is 51.0 Å². The summed E-state index contributed by atoms with van der Waals surface area (Å²) in [6, 6.07) is 5.74. The van der Waals surface area contributed by atoms with Crippen molar-refractivity contribution >= 4 is 5.91 Å². The molecule has 0 fully saturated rings. The van der Waals surface area contributed by atoms with Crippen LogP contribution in [0.5, 0.6) is 0 Å². The van der Waals surface area contributed by atoms with E-state index in [1.165, 1.54) is 0 Å². The van der Waals surface area contributed by atoms with E-state index in [-0.39, 0.29) is 18.5 Å². The van der Waals surface area contributed by atoms with Crippen molar-refractivity contribution in [2.45, 2.75) is 26.4 Å². The average molecular weight is 290 g/mol. The minimum absolute atomic E-state index is 0.0180. The molecule has 1 amide bonds. The van der Waals surface area contributed by atoms with Gasteiger partial charge in [-0.25, -0.2) is 0 Å². The Morgan fingerprint density at radius 3 is 2.76 bits per heavy atom. The van der Waals surface area contributed by atoms with E-state index in [4.69, 9.17) is 4.42 Å². The number of aryl methyl sites for hydroxylation is 2. The SMILES string of the molecule is Cc1cc(C)n(CC(=O)NC[C@@H](c2ccco2)N(C)C)n1. The molecule has 0 aliphatic heterocycles. The standard InChI is InChI=1S/C15H22N4O2/c1-11-8-12(2)19(17-11)10-15(20)16-9-13(18(3)4)14-6-5-7-21-14/h5-8,13H,9-10H2,1-4H3,(H,16,20)/t13-/m0/s1. The van der Waals surface area contributed by atoms with Gasteiger partial charge in [0.25, 0.3) is 0 Å². The Kier molecular flexibility index (Phi) is 4.80. The molecule has 0 aromatic carbocycles. The smallest absolute Gasteiger partial charge is 0.241 e. The molecule has 1 atom stereocenters. The first-order chi connectivity index (χ1) is 9.97. The second-order valence-electron chi connectivity index (χ2n) is 5.38. The molecule has 0 unspecified atom stereocenters. The van der Waals surface area contributed by atoms with Crippen molar-refractivity contribution in [3.63, 3.8) is 0 Å². The Balaban J connectivity index is 1.92. The van der Waals surface area contributed by atoms with E-state index in [2.05, 4.69) is 10.4 Å². The van der Waals surface area contributed by atoms with Crippen LogP contribution in [0.2, 0.25) is 0 Å². The fourth-order valence-corrected chi connectivity index (χ4v) is 2.26. The topological polar surface area (TPSA) is 63.3 Å². The molecule has 0 aliphatic rings.